The first kappa shape index (κ1) is 18.1. The van der Waals surface area contributed by atoms with Gasteiger partial charge in [0, 0.05) is 34.3 Å². The number of hydrogen-bond donors (Lipinski definition) is 2. The fourth-order valence-electron chi connectivity index (χ4n) is 2.32. The number of benzene rings is 2. The van der Waals surface area contributed by atoms with Crippen LogP contribution in [0.1, 0.15) is 12.6 Å². The predicted molar refractivity (Wildman–Crippen MR) is 106 cm³/mol. The van der Waals surface area contributed by atoms with Crippen molar-refractivity contribution in [3.63, 3.8) is 0 Å². The highest BCUT2D eigenvalue weighted by atomic mass is 35.5. The van der Waals surface area contributed by atoms with Crippen LogP contribution < -0.4 is 10.6 Å². The van der Waals surface area contributed by atoms with Gasteiger partial charge in [0.15, 0.2) is 0 Å². The molecule has 7 heteroatoms. The Hall–Kier alpha value is -2.70. The third-order valence-corrected chi connectivity index (χ3v) is 4.67. The monoisotopic (exact) mass is 385 g/mol. The lowest BCUT2D eigenvalue weighted by Gasteiger charge is -2.04. The van der Waals surface area contributed by atoms with Crippen LogP contribution >= 0.6 is 22.9 Å². The summed E-state index contributed by atoms with van der Waals surface area (Å²) < 4.78 is 0. The average molecular weight is 386 g/mol. The minimum absolute atomic E-state index is 0.110. The molecule has 0 aliphatic carbocycles. The summed E-state index contributed by atoms with van der Waals surface area (Å²) in [7, 11) is 0. The molecule has 2 N–H and O–H groups in total. The zero-order valence-electron chi connectivity index (χ0n) is 14.0. The molecule has 0 bridgehead atoms. The molecule has 0 saturated carbocycles. The number of rotatable bonds is 5. The molecule has 0 fully saturated rings. The molecule has 1 heterocycles. The number of halogens is 1. The smallest absolute Gasteiger partial charge is 0.230 e. The van der Waals surface area contributed by atoms with Crippen molar-refractivity contribution >= 4 is 46.1 Å². The van der Waals surface area contributed by atoms with Crippen molar-refractivity contribution in [2.24, 2.45) is 0 Å². The molecular weight excluding hydrogens is 370 g/mol. The summed E-state index contributed by atoms with van der Waals surface area (Å²) in [6, 6.07) is 14.4. The quantitative estimate of drug-likeness (QED) is 0.674. The first-order chi connectivity index (χ1) is 12.5. The number of aromatic nitrogens is 1. The summed E-state index contributed by atoms with van der Waals surface area (Å²) in [4.78, 5) is 27.7. The third kappa shape index (κ3) is 4.91. The molecule has 132 valence electrons. The van der Waals surface area contributed by atoms with E-state index in [0.29, 0.717) is 16.4 Å². The Labute approximate surface area is 160 Å². The van der Waals surface area contributed by atoms with Crippen LogP contribution in [0.3, 0.4) is 0 Å². The zero-order valence-corrected chi connectivity index (χ0v) is 15.5. The van der Waals surface area contributed by atoms with Gasteiger partial charge in [-0.1, -0.05) is 11.6 Å². The van der Waals surface area contributed by atoms with E-state index in [1.54, 1.807) is 24.3 Å². The Balaban J connectivity index is 1.63. The summed E-state index contributed by atoms with van der Waals surface area (Å²) in [6.45, 7) is 1.47. The summed E-state index contributed by atoms with van der Waals surface area (Å²) >= 11 is 7.31. The highest BCUT2D eigenvalue weighted by molar-refractivity contribution is 7.13. The van der Waals surface area contributed by atoms with E-state index in [1.807, 2.05) is 29.6 Å². The summed E-state index contributed by atoms with van der Waals surface area (Å²) in [5, 5.41) is 8.87. The van der Waals surface area contributed by atoms with Crippen LogP contribution in [0, 0.1) is 0 Å². The molecule has 0 aliphatic heterocycles. The lowest BCUT2D eigenvalue weighted by Crippen LogP contribution is -2.14. The van der Waals surface area contributed by atoms with E-state index < -0.39 is 0 Å². The third-order valence-electron chi connectivity index (χ3n) is 3.47. The maximum absolute atomic E-state index is 12.1. The summed E-state index contributed by atoms with van der Waals surface area (Å²) in [5.74, 6) is -0.244. The molecule has 0 aliphatic rings. The van der Waals surface area contributed by atoms with Crippen molar-refractivity contribution in [3.05, 3.63) is 64.6 Å². The van der Waals surface area contributed by atoms with E-state index in [0.717, 1.165) is 16.3 Å². The molecule has 0 unspecified atom stereocenters. The number of thiazole rings is 1. The molecular formula is C19H16ClN3O2S. The van der Waals surface area contributed by atoms with Crippen molar-refractivity contribution in [2.75, 3.05) is 10.6 Å². The lowest BCUT2D eigenvalue weighted by molar-refractivity contribution is -0.116. The molecule has 0 radical (unpaired) electrons. The fraction of sp³-hybridized carbons (Fsp3) is 0.105. The van der Waals surface area contributed by atoms with Gasteiger partial charge in [0.25, 0.3) is 0 Å². The molecule has 3 aromatic rings. The van der Waals surface area contributed by atoms with Crippen LogP contribution in [0.25, 0.3) is 10.6 Å². The minimum atomic E-state index is -0.134. The van der Waals surface area contributed by atoms with E-state index in [-0.39, 0.29) is 18.2 Å². The second-order valence-corrected chi connectivity index (χ2v) is 6.93. The van der Waals surface area contributed by atoms with Crippen LogP contribution in [0.15, 0.2) is 53.9 Å². The van der Waals surface area contributed by atoms with Gasteiger partial charge in [-0.2, -0.15) is 0 Å². The second kappa shape index (κ2) is 8.12. The number of hydrogen-bond acceptors (Lipinski definition) is 4. The first-order valence-electron chi connectivity index (χ1n) is 7.87. The maximum atomic E-state index is 12.1. The van der Waals surface area contributed by atoms with Gasteiger partial charge < -0.3 is 10.6 Å². The van der Waals surface area contributed by atoms with Crippen molar-refractivity contribution in [1.82, 2.24) is 4.98 Å². The standard InChI is InChI=1S/C19H16ClN3O2S/c1-12(24)21-15-6-2-13(3-7-15)19-23-17(11-26-19)10-18(25)22-16-8-4-14(20)5-9-16/h2-9,11H,10H2,1H3,(H,21,24)(H,22,25). The van der Waals surface area contributed by atoms with E-state index in [1.165, 1.54) is 18.3 Å². The van der Waals surface area contributed by atoms with Crippen LogP contribution in [0.2, 0.25) is 5.02 Å². The van der Waals surface area contributed by atoms with Crippen LogP contribution in [-0.4, -0.2) is 16.8 Å². The van der Waals surface area contributed by atoms with Gasteiger partial charge >= 0.3 is 0 Å². The highest BCUT2D eigenvalue weighted by Gasteiger charge is 2.10. The Bertz CT molecular complexity index is 921. The second-order valence-electron chi connectivity index (χ2n) is 5.63. The SMILES string of the molecule is CC(=O)Nc1ccc(-c2nc(CC(=O)Nc3ccc(Cl)cc3)cs2)cc1. The largest absolute Gasteiger partial charge is 0.326 e. The molecule has 3 rings (SSSR count). The molecule has 26 heavy (non-hydrogen) atoms. The predicted octanol–water partition coefficient (Wildman–Crippen LogP) is 4.60. The Morgan fingerprint density at radius 1 is 1.00 bits per heavy atom. The molecule has 2 amide bonds. The molecule has 2 aromatic carbocycles. The van der Waals surface area contributed by atoms with E-state index >= 15 is 0 Å². The van der Waals surface area contributed by atoms with E-state index in [9.17, 15) is 9.59 Å². The number of carbonyl (C=O) groups is 2. The molecule has 0 spiro atoms. The van der Waals surface area contributed by atoms with Gasteiger partial charge in [0.2, 0.25) is 11.8 Å². The van der Waals surface area contributed by atoms with Gasteiger partial charge in [0.05, 0.1) is 12.1 Å². The van der Waals surface area contributed by atoms with Crippen LogP contribution in [-0.2, 0) is 16.0 Å². The van der Waals surface area contributed by atoms with Gasteiger partial charge in [-0.3, -0.25) is 9.59 Å². The van der Waals surface area contributed by atoms with Gasteiger partial charge in [-0.05, 0) is 48.5 Å². The maximum Gasteiger partial charge on any atom is 0.230 e. The Kier molecular flexibility index (Phi) is 5.65. The van der Waals surface area contributed by atoms with E-state index in [4.69, 9.17) is 11.6 Å². The van der Waals surface area contributed by atoms with Gasteiger partial charge in [-0.15, -0.1) is 11.3 Å². The average Bonchev–Trinajstić information content (AvgIpc) is 3.05. The topological polar surface area (TPSA) is 71.1 Å². The highest BCUT2D eigenvalue weighted by Crippen LogP contribution is 2.25. The number of carbonyl (C=O) groups excluding carboxylic acids is 2. The number of nitrogens with one attached hydrogen (secondary N) is 2. The van der Waals surface area contributed by atoms with Crippen LogP contribution in [0.5, 0.6) is 0 Å². The fourth-order valence-corrected chi connectivity index (χ4v) is 3.27. The van der Waals surface area contributed by atoms with Crippen molar-refractivity contribution in [3.8, 4) is 10.6 Å². The minimum Gasteiger partial charge on any atom is -0.326 e. The molecule has 1 aromatic heterocycles. The molecule has 5 nitrogen and oxygen atoms in total. The van der Waals surface area contributed by atoms with Crippen LogP contribution in [0.4, 0.5) is 11.4 Å². The van der Waals surface area contributed by atoms with Crippen molar-refractivity contribution in [1.29, 1.82) is 0 Å². The normalized spacial score (nSPS) is 10.4. The summed E-state index contributed by atoms with van der Waals surface area (Å²) in [5.41, 5.74) is 3.08. The van der Waals surface area contributed by atoms with E-state index in [2.05, 4.69) is 15.6 Å². The first-order valence-corrected chi connectivity index (χ1v) is 9.13. The number of nitrogens with zero attached hydrogens (tertiary/aromatic N) is 1. The van der Waals surface area contributed by atoms with Crippen molar-refractivity contribution in [2.45, 2.75) is 13.3 Å². The van der Waals surface area contributed by atoms with Gasteiger partial charge in [0.1, 0.15) is 5.01 Å². The zero-order chi connectivity index (χ0) is 18.5. The molecule has 0 atom stereocenters. The Morgan fingerprint density at radius 3 is 2.27 bits per heavy atom. The number of anilines is 2. The number of amides is 2. The van der Waals surface area contributed by atoms with Crippen molar-refractivity contribution < 1.29 is 9.59 Å². The lowest BCUT2D eigenvalue weighted by atomic mass is 10.2. The van der Waals surface area contributed by atoms with Gasteiger partial charge in [-0.25, -0.2) is 4.98 Å². The summed E-state index contributed by atoms with van der Waals surface area (Å²) in [6.07, 6.45) is 0.198. The molecule has 0 saturated heterocycles. The Morgan fingerprint density at radius 2 is 1.62 bits per heavy atom.